The average Bonchev–Trinajstić information content (AvgIpc) is 3.25. The zero-order valence-electron chi connectivity index (χ0n) is 17.3. The summed E-state index contributed by atoms with van der Waals surface area (Å²) < 4.78 is 18.1. The minimum Gasteiger partial charge on any atom is -0.480 e. The molecule has 1 fully saturated rings. The number of thioether (sulfide) groups is 1. The third kappa shape index (κ3) is 5.85. The number of H-pyrrole nitrogens is 1. The number of aliphatic hydroxyl groups excluding tert-OH is 1. The molecule has 1 aliphatic heterocycles. The molecule has 0 bridgehead atoms. The van der Waals surface area contributed by atoms with Gasteiger partial charge in [0.05, 0.1) is 19.5 Å². The van der Waals surface area contributed by atoms with Gasteiger partial charge in [0.15, 0.2) is 23.0 Å². The summed E-state index contributed by atoms with van der Waals surface area (Å²) >= 11 is 0.979. The molecule has 33 heavy (non-hydrogen) atoms. The highest BCUT2D eigenvalue weighted by Crippen LogP contribution is 2.41. The lowest BCUT2D eigenvalue weighted by Crippen LogP contribution is -2.44. The van der Waals surface area contributed by atoms with Crippen molar-refractivity contribution in [2.45, 2.75) is 31.0 Å². The lowest BCUT2D eigenvalue weighted by atomic mass is 9.96. The fourth-order valence-electron chi connectivity index (χ4n) is 3.11. The Kier molecular flexibility index (Phi) is 8.36. The molecule has 0 radical (unpaired) electrons. The second-order valence-electron chi connectivity index (χ2n) is 7.05. The van der Waals surface area contributed by atoms with Gasteiger partial charge in [-0.15, -0.1) is 0 Å². The van der Waals surface area contributed by atoms with Crippen molar-refractivity contribution in [3.05, 3.63) is 16.7 Å². The zero-order chi connectivity index (χ0) is 24.2. The molecule has 0 aromatic carbocycles. The van der Waals surface area contributed by atoms with Crippen LogP contribution < -0.4 is 16.4 Å². The van der Waals surface area contributed by atoms with E-state index in [0.29, 0.717) is 11.4 Å². The standard InChI is InChI=1S/C16H23N6O9PS/c1-16(28)11(26)8(5-30-32(19-4-9(24)25)29-2-3-33-7-23)31-14(16)22-6-18-10-12(22)20-15(17)21-13(10)27/h6-8,11,14,19,26,28H,2-5H2,1H3,(H,24,25)(H3,17,20,21,27). The van der Waals surface area contributed by atoms with Crippen LogP contribution in [0.3, 0.4) is 0 Å². The molecular formula is C16H23N6O9PS. The first kappa shape index (κ1) is 25.5. The van der Waals surface area contributed by atoms with Gasteiger partial charge in [-0.25, -0.2) is 10.1 Å². The Morgan fingerprint density at radius 2 is 2.30 bits per heavy atom. The Morgan fingerprint density at radius 3 is 3.00 bits per heavy atom. The number of aromatic amines is 1. The fourth-order valence-corrected chi connectivity index (χ4v) is 4.57. The van der Waals surface area contributed by atoms with E-state index >= 15 is 0 Å². The molecule has 2 aromatic rings. The molecular weight excluding hydrogens is 483 g/mol. The van der Waals surface area contributed by atoms with Crippen molar-refractivity contribution < 1.29 is 38.7 Å². The molecule has 182 valence electrons. The Hall–Kier alpha value is -2.17. The molecule has 15 nitrogen and oxygen atoms in total. The number of fused-ring (bicyclic) bond motifs is 1. The number of aromatic nitrogens is 4. The topological polar surface area (TPSA) is 224 Å². The number of hydrogen-bond acceptors (Lipinski definition) is 13. The van der Waals surface area contributed by atoms with Crippen LogP contribution in [0.25, 0.3) is 11.2 Å². The molecule has 0 spiro atoms. The van der Waals surface area contributed by atoms with Crippen LogP contribution in [0.5, 0.6) is 0 Å². The van der Waals surface area contributed by atoms with E-state index in [4.69, 9.17) is 24.6 Å². The van der Waals surface area contributed by atoms with Gasteiger partial charge in [0.25, 0.3) is 14.1 Å². The van der Waals surface area contributed by atoms with Crippen molar-refractivity contribution >= 4 is 49.0 Å². The van der Waals surface area contributed by atoms with Crippen molar-refractivity contribution in [2.75, 3.05) is 31.2 Å². The first-order valence-corrected chi connectivity index (χ1v) is 11.7. The average molecular weight is 506 g/mol. The van der Waals surface area contributed by atoms with E-state index in [1.807, 2.05) is 0 Å². The van der Waals surface area contributed by atoms with Gasteiger partial charge in [0, 0.05) is 5.75 Å². The number of rotatable bonds is 12. The summed E-state index contributed by atoms with van der Waals surface area (Å²) in [5.41, 5.74) is 3.87. The number of carboxylic acids is 1. The fraction of sp³-hybridized carbons (Fsp3) is 0.562. The van der Waals surface area contributed by atoms with E-state index < -0.39 is 50.6 Å². The van der Waals surface area contributed by atoms with Gasteiger partial charge in [-0.2, -0.15) is 4.98 Å². The van der Waals surface area contributed by atoms with Crippen LogP contribution in [0.2, 0.25) is 0 Å². The number of hydrogen-bond donors (Lipinski definition) is 6. The third-order valence-corrected chi connectivity index (χ3v) is 6.41. The molecule has 7 N–H and O–H groups in total. The number of carboxylic acid groups (broad SMARTS) is 1. The summed E-state index contributed by atoms with van der Waals surface area (Å²) in [5.74, 6) is -0.957. The zero-order valence-corrected chi connectivity index (χ0v) is 19.0. The number of anilines is 1. The number of nitrogens with one attached hydrogen (secondary N) is 2. The first-order valence-electron chi connectivity index (χ1n) is 9.49. The van der Waals surface area contributed by atoms with Crippen LogP contribution in [0.4, 0.5) is 5.95 Å². The Labute approximate surface area is 191 Å². The number of aliphatic hydroxyl groups is 2. The van der Waals surface area contributed by atoms with Crippen molar-refractivity contribution in [3.63, 3.8) is 0 Å². The maximum absolute atomic E-state index is 12.0. The van der Waals surface area contributed by atoms with E-state index in [1.54, 1.807) is 0 Å². The number of nitrogens with two attached hydrogens (primary N) is 1. The van der Waals surface area contributed by atoms with Crippen LogP contribution in [0.1, 0.15) is 13.2 Å². The van der Waals surface area contributed by atoms with Gasteiger partial charge in [-0.1, -0.05) is 11.8 Å². The SMILES string of the molecule is CC1(O)C(O)C(COP(NCC(=O)O)OCCSC=O)OC1n1cnc2c(=O)[nH]c(N)nc21. The number of carbonyl (C=O) groups is 2. The van der Waals surface area contributed by atoms with Crippen LogP contribution in [-0.4, -0.2) is 89.7 Å². The molecule has 1 saturated heterocycles. The predicted octanol–water partition coefficient (Wildman–Crippen LogP) is -1.43. The van der Waals surface area contributed by atoms with E-state index in [1.165, 1.54) is 17.8 Å². The summed E-state index contributed by atoms with van der Waals surface area (Å²) in [6.45, 7) is 0.738. The molecule has 5 unspecified atom stereocenters. The van der Waals surface area contributed by atoms with Crippen LogP contribution in [0.15, 0.2) is 11.1 Å². The number of imidazole rings is 1. The summed E-state index contributed by atoms with van der Waals surface area (Å²) in [6, 6.07) is 0. The Balaban J connectivity index is 1.72. The first-order chi connectivity index (χ1) is 15.6. The van der Waals surface area contributed by atoms with Crippen LogP contribution >= 0.6 is 20.3 Å². The van der Waals surface area contributed by atoms with Crippen molar-refractivity contribution in [1.29, 1.82) is 0 Å². The summed E-state index contributed by atoms with van der Waals surface area (Å²) in [5, 5.41) is 33.0. The van der Waals surface area contributed by atoms with Crippen LogP contribution in [-0.2, 0) is 23.4 Å². The Bertz CT molecular complexity index is 1050. The van der Waals surface area contributed by atoms with Crippen LogP contribution in [0, 0.1) is 0 Å². The van der Waals surface area contributed by atoms with Gasteiger partial charge < -0.3 is 34.8 Å². The molecule has 5 atom stereocenters. The predicted molar refractivity (Wildman–Crippen MR) is 117 cm³/mol. The van der Waals surface area contributed by atoms with E-state index in [2.05, 4.69) is 20.0 Å². The molecule has 2 aromatic heterocycles. The molecule has 1 aliphatic rings. The molecule has 3 rings (SSSR count). The number of nitrogen functional groups attached to an aromatic ring is 1. The number of carbonyl (C=O) groups excluding carboxylic acids is 1. The smallest absolute Gasteiger partial charge is 0.317 e. The second kappa shape index (κ2) is 10.8. The monoisotopic (exact) mass is 506 g/mol. The van der Waals surface area contributed by atoms with E-state index in [9.17, 15) is 24.6 Å². The summed E-state index contributed by atoms with van der Waals surface area (Å²) in [4.78, 5) is 43.6. The van der Waals surface area contributed by atoms with Crippen molar-refractivity contribution in [3.8, 4) is 0 Å². The third-order valence-electron chi connectivity index (χ3n) is 4.65. The lowest BCUT2D eigenvalue weighted by Gasteiger charge is -2.27. The summed E-state index contributed by atoms with van der Waals surface area (Å²) in [7, 11) is -1.90. The van der Waals surface area contributed by atoms with Gasteiger partial charge >= 0.3 is 5.97 Å². The highest BCUT2D eigenvalue weighted by molar-refractivity contribution is 8.11. The molecule has 0 amide bonds. The van der Waals surface area contributed by atoms with Gasteiger partial charge in [0.2, 0.25) is 5.95 Å². The van der Waals surface area contributed by atoms with Crippen molar-refractivity contribution in [1.82, 2.24) is 24.6 Å². The number of ether oxygens (including phenoxy) is 1. The highest BCUT2D eigenvalue weighted by atomic mass is 32.2. The molecule has 3 heterocycles. The van der Waals surface area contributed by atoms with Gasteiger partial charge in [-0.3, -0.25) is 23.9 Å². The maximum atomic E-state index is 12.0. The van der Waals surface area contributed by atoms with E-state index in [0.717, 1.165) is 11.8 Å². The number of nitrogens with zero attached hydrogens (tertiary/aromatic N) is 3. The second-order valence-corrected chi connectivity index (χ2v) is 9.34. The van der Waals surface area contributed by atoms with Crippen molar-refractivity contribution in [2.24, 2.45) is 0 Å². The normalized spacial score (nSPS) is 26.0. The molecule has 0 aliphatic carbocycles. The molecule has 17 heteroatoms. The van der Waals surface area contributed by atoms with Gasteiger partial charge in [-0.05, 0) is 6.92 Å². The number of aliphatic carboxylic acids is 1. The maximum Gasteiger partial charge on any atom is 0.317 e. The minimum absolute atomic E-state index is 0.0271. The Morgan fingerprint density at radius 1 is 1.55 bits per heavy atom. The van der Waals surface area contributed by atoms with E-state index in [-0.39, 0.29) is 30.3 Å². The largest absolute Gasteiger partial charge is 0.480 e. The van der Waals surface area contributed by atoms with Gasteiger partial charge in [0.1, 0.15) is 24.4 Å². The molecule has 0 saturated carbocycles. The lowest BCUT2D eigenvalue weighted by molar-refractivity contribution is -0.135. The summed E-state index contributed by atoms with van der Waals surface area (Å²) in [6.07, 6.45) is -2.44. The minimum atomic E-state index is -1.90. The highest BCUT2D eigenvalue weighted by Gasteiger charge is 2.53. The quantitative estimate of drug-likeness (QED) is 0.110.